The Labute approximate surface area is 150 Å². The van der Waals surface area contributed by atoms with E-state index in [0.717, 1.165) is 29.5 Å². The normalized spacial score (nSPS) is 20.5. The number of hydrogen-bond donors (Lipinski definition) is 1. The summed E-state index contributed by atoms with van der Waals surface area (Å²) in [6.07, 6.45) is 3.44. The van der Waals surface area contributed by atoms with Crippen LogP contribution in [0.25, 0.3) is 6.08 Å². The Morgan fingerprint density at radius 1 is 1.48 bits per heavy atom. The van der Waals surface area contributed by atoms with Gasteiger partial charge in [-0.3, -0.25) is 0 Å². The van der Waals surface area contributed by atoms with Gasteiger partial charge in [0.05, 0.1) is 11.4 Å². The van der Waals surface area contributed by atoms with Gasteiger partial charge in [0, 0.05) is 16.9 Å². The summed E-state index contributed by atoms with van der Waals surface area (Å²) in [7, 11) is -2.70. The second-order valence-corrected chi connectivity index (χ2v) is 9.15. The molecule has 126 valence electrons. The first kappa shape index (κ1) is 17.2. The second-order valence-electron chi connectivity index (χ2n) is 6.67. The third-order valence-corrected chi connectivity index (χ3v) is 6.27. The Morgan fingerprint density at radius 2 is 2.17 bits per heavy atom. The Bertz CT molecular complexity index is 762. The molecule has 0 amide bonds. The average Bonchev–Trinajstić information content (AvgIpc) is 2.79. The fourth-order valence-electron chi connectivity index (χ4n) is 3.38. The fraction of sp³-hybridized carbons (Fsp3) is 0.500. The number of hydrogen-bond acceptors (Lipinski definition) is 3. The van der Waals surface area contributed by atoms with Gasteiger partial charge in [-0.2, -0.15) is 0 Å². The molecule has 0 aromatic heterocycles. The van der Waals surface area contributed by atoms with Gasteiger partial charge in [-0.1, -0.05) is 27.5 Å². The van der Waals surface area contributed by atoms with Crippen LogP contribution in [0.15, 0.2) is 16.1 Å². The number of rotatable bonds is 3. The maximum absolute atomic E-state index is 14.0. The Kier molecular flexibility index (Phi) is 4.53. The van der Waals surface area contributed by atoms with E-state index in [-0.39, 0.29) is 11.4 Å². The van der Waals surface area contributed by atoms with Crippen molar-refractivity contribution in [1.29, 1.82) is 0 Å². The van der Waals surface area contributed by atoms with E-state index in [4.69, 9.17) is 11.6 Å². The maximum Gasteiger partial charge on any atom is 0.168 e. The van der Waals surface area contributed by atoms with Gasteiger partial charge in [-0.05, 0) is 55.5 Å². The van der Waals surface area contributed by atoms with Crippen molar-refractivity contribution in [2.75, 3.05) is 6.54 Å². The molecular formula is C16H18BrClFNO2S. The van der Waals surface area contributed by atoms with E-state index in [9.17, 15) is 12.8 Å². The highest BCUT2D eigenvalue weighted by Gasteiger charge is 2.32. The van der Waals surface area contributed by atoms with Crippen LogP contribution in [-0.2, 0) is 23.7 Å². The SMILES string of the molecule is CC(C)(F)CN1Cc2c(c([SH](=O)=O)cc3c2C(Br)CC3)C=C1Cl. The molecule has 0 fully saturated rings. The van der Waals surface area contributed by atoms with Crippen LogP contribution in [0.2, 0.25) is 0 Å². The van der Waals surface area contributed by atoms with Crippen molar-refractivity contribution in [2.24, 2.45) is 0 Å². The number of fused-ring (bicyclic) bond motifs is 3. The molecule has 1 aromatic carbocycles. The lowest BCUT2D eigenvalue weighted by Gasteiger charge is -2.34. The first-order chi connectivity index (χ1) is 10.7. The molecule has 0 N–H and O–H groups in total. The molecule has 1 aliphatic heterocycles. The molecule has 3 nitrogen and oxygen atoms in total. The van der Waals surface area contributed by atoms with Gasteiger partial charge in [-0.15, -0.1) is 0 Å². The van der Waals surface area contributed by atoms with Crippen molar-refractivity contribution in [3.63, 3.8) is 0 Å². The molecule has 0 spiro atoms. The number of benzene rings is 1. The minimum absolute atomic E-state index is 0.164. The summed E-state index contributed by atoms with van der Waals surface area (Å²) in [6.45, 7) is 3.61. The van der Waals surface area contributed by atoms with E-state index in [0.29, 0.717) is 22.2 Å². The van der Waals surface area contributed by atoms with Crippen molar-refractivity contribution in [1.82, 2.24) is 4.90 Å². The van der Waals surface area contributed by atoms with E-state index in [2.05, 4.69) is 15.9 Å². The van der Waals surface area contributed by atoms with Gasteiger partial charge >= 0.3 is 0 Å². The minimum Gasteiger partial charge on any atom is -0.355 e. The molecular weight excluding hydrogens is 405 g/mol. The predicted molar refractivity (Wildman–Crippen MR) is 94.4 cm³/mol. The summed E-state index contributed by atoms with van der Waals surface area (Å²) in [5, 5.41) is 0.380. The zero-order valence-corrected chi connectivity index (χ0v) is 16.1. The van der Waals surface area contributed by atoms with E-state index < -0.39 is 16.4 Å². The largest absolute Gasteiger partial charge is 0.355 e. The van der Waals surface area contributed by atoms with Crippen molar-refractivity contribution in [2.45, 2.75) is 48.6 Å². The molecule has 2 aliphatic rings. The third-order valence-electron chi connectivity index (χ3n) is 4.24. The number of halogens is 3. The molecule has 1 heterocycles. The van der Waals surface area contributed by atoms with E-state index >= 15 is 0 Å². The first-order valence-corrected chi connectivity index (χ1v) is 9.92. The number of aryl methyl sites for hydroxylation is 1. The molecule has 1 aromatic rings. The molecule has 23 heavy (non-hydrogen) atoms. The summed E-state index contributed by atoms with van der Waals surface area (Å²) < 4.78 is 37.3. The van der Waals surface area contributed by atoms with Crippen molar-refractivity contribution >= 4 is 44.3 Å². The summed E-state index contributed by atoms with van der Waals surface area (Å²) >= 11 is 9.97. The van der Waals surface area contributed by atoms with Gasteiger partial charge in [0.15, 0.2) is 10.7 Å². The van der Waals surface area contributed by atoms with Gasteiger partial charge in [-0.25, -0.2) is 12.8 Å². The highest BCUT2D eigenvalue weighted by molar-refractivity contribution is 9.09. The van der Waals surface area contributed by atoms with Crippen LogP contribution in [-0.4, -0.2) is 25.5 Å². The molecule has 0 saturated carbocycles. The lowest BCUT2D eigenvalue weighted by Crippen LogP contribution is -2.35. The monoisotopic (exact) mass is 421 g/mol. The lowest BCUT2D eigenvalue weighted by molar-refractivity contribution is 0.148. The third kappa shape index (κ3) is 3.30. The number of nitrogens with zero attached hydrogens (tertiary/aromatic N) is 1. The molecule has 1 atom stereocenters. The molecule has 0 saturated heterocycles. The summed E-state index contributed by atoms with van der Waals surface area (Å²) in [5.41, 5.74) is 2.42. The zero-order chi connectivity index (χ0) is 16.9. The van der Waals surface area contributed by atoms with Crippen molar-refractivity contribution < 1.29 is 12.8 Å². The number of thiol groups is 1. The maximum atomic E-state index is 14.0. The molecule has 3 rings (SSSR count). The zero-order valence-electron chi connectivity index (χ0n) is 12.9. The smallest absolute Gasteiger partial charge is 0.168 e. The van der Waals surface area contributed by atoms with Crippen LogP contribution in [0.5, 0.6) is 0 Å². The molecule has 0 radical (unpaired) electrons. The van der Waals surface area contributed by atoms with Crippen LogP contribution in [0.1, 0.15) is 47.3 Å². The first-order valence-electron chi connectivity index (χ1n) is 7.45. The van der Waals surface area contributed by atoms with Crippen LogP contribution in [0.3, 0.4) is 0 Å². The van der Waals surface area contributed by atoms with Crippen LogP contribution in [0.4, 0.5) is 4.39 Å². The highest BCUT2D eigenvalue weighted by atomic mass is 79.9. The molecule has 1 aliphatic carbocycles. The minimum atomic E-state index is -2.70. The van der Waals surface area contributed by atoms with Crippen LogP contribution in [0, 0.1) is 0 Å². The predicted octanol–water partition coefficient (Wildman–Crippen LogP) is 4.14. The number of alkyl halides is 2. The Morgan fingerprint density at radius 3 is 2.78 bits per heavy atom. The lowest BCUT2D eigenvalue weighted by atomic mass is 9.94. The quantitative estimate of drug-likeness (QED) is 0.452. The van der Waals surface area contributed by atoms with E-state index in [1.165, 1.54) is 13.8 Å². The fourth-order valence-corrected chi connectivity index (χ4v) is 5.07. The summed E-state index contributed by atoms with van der Waals surface area (Å²) in [5.74, 6) is 0. The van der Waals surface area contributed by atoms with Crippen molar-refractivity contribution in [3.05, 3.63) is 33.5 Å². The van der Waals surface area contributed by atoms with Gasteiger partial charge < -0.3 is 4.90 Å². The summed E-state index contributed by atoms with van der Waals surface area (Å²) in [6, 6.07) is 1.76. The standard InChI is InChI=1S/C16H18BrClFNO2S/c1-16(2,19)8-20-7-11-10(6-14(20)18)13(23(21)22)5-9-3-4-12(17)15(9)11/h5-6,12,23H,3-4,7-8H2,1-2H3. The topological polar surface area (TPSA) is 37.4 Å². The Balaban J connectivity index is 2.16. The molecule has 1 unspecified atom stereocenters. The average molecular weight is 423 g/mol. The molecule has 0 bridgehead atoms. The van der Waals surface area contributed by atoms with Crippen molar-refractivity contribution in [3.8, 4) is 0 Å². The Hall–Kier alpha value is -0.590. The molecule has 7 heteroatoms. The van der Waals surface area contributed by atoms with Gasteiger partial charge in [0.25, 0.3) is 0 Å². The van der Waals surface area contributed by atoms with Gasteiger partial charge in [0.1, 0.15) is 10.8 Å². The summed E-state index contributed by atoms with van der Waals surface area (Å²) in [4.78, 5) is 2.28. The van der Waals surface area contributed by atoms with E-state index in [1.54, 1.807) is 17.0 Å². The highest BCUT2D eigenvalue weighted by Crippen LogP contribution is 2.45. The van der Waals surface area contributed by atoms with E-state index in [1.807, 2.05) is 0 Å². The van der Waals surface area contributed by atoms with Crippen LogP contribution < -0.4 is 0 Å². The van der Waals surface area contributed by atoms with Gasteiger partial charge in [0.2, 0.25) is 0 Å². The second kappa shape index (κ2) is 6.05. The van der Waals surface area contributed by atoms with Crippen LogP contribution >= 0.6 is 27.5 Å².